The first-order chi connectivity index (χ1) is 10.7. The quantitative estimate of drug-likeness (QED) is 0.692. The van der Waals surface area contributed by atoms with E-state index < -0.39 is 6.04 Å². The summed E-state index contributed by atoms with van der Waals surface area (Å²) in [7, 11) is 1.83. The molecule has 0 spiro atoms. The maximum Gasteiger partial charge on any atom is 0.253 e. The summed E-state index contributed by atoms with van der Waals surface area (Å²) in [6.07, 6.45) is 0.158. The number of carbonyl (C=O) groups is 2. The molecule has 1 heterocycles. The van der Waals surface area contributed by atoms with Crippen LogP contribution in [0.15, 0.2) is 60.7 Å². The zero-order valence-corrected chi connectivity index (χ0v) is 12.3. The van der Waals surface area contributed by atoms with Crippen molar-refractivity contribution < 1.29 is 9.59 Å². The van der Waals surface area contributed by atoms with E-state index in [-0.39, 0.29) is 18.2 Å². The summed E-state index contributed by atoms with van der Waals surface area (Å²) in [5.74, 6) is -0.408. The lowest BCUT2D eigenvalue weighted by atomic mass is 10.2. The molecule has 2 aromatic rings. The van der Waals surface area contributed by atoms with E-state index in [0.29, 0.717) is 5.69 Å². The predicted molar refractivity (Wildman–Crippen MR) is 85.3 cm³/mol. The van der Waals surface area contributed by atoms with Gasteiger partial charge in [0.2, 0.25) is 5.91 Å². The summed E-state index contributed by atoms with van der Waals surface area (Å²) in [5, 5.41) is 1.77. The van der Waals surface area contributed by atoms with Gasteiger partial charge in [-0.15, -0.1) is 0 Å². The maximum absolute atomic E-state index is 12.5. The average Bonchev–Trinajstić information content (AvgIpc) is 2.83. The normalized spacial score (nSPS) is 17.9. The van der Waals surface area contributed by atoms with Crippen molar-refractivity contribution in [3.8, 4) is 0 Å². The molecule has 22 heavy (non-hydrogen) atoms. The molecule has 0 unspecified atom stereocenters. The Morgan fingerprint density at radius 1 is 1.00 bits per heavy atom. The highest BCUT2D eigenvalue weighted by Gasteiger charge is 2.40. The van der Waals surface area contributed by atoms with E-state index in [2.05, 4.69) is 5.43 Å². The lowest BCUT2D eigenvalue weighted by molar-refractivity contribution is -0.121. The van der Waals surface area contributed by atoms with Gasteiger partial charge in [0.05, 0.1) is 17.8 Å². The monoisotopic (exact) mass is 295 g/mol. The van der Waals surface area contributed by atoms with Crippen LogP contribution in [-0.2, 0) is 9.59 Å². The lowest BCUT2D eigenvalue weighted by Gasteiger charge is -2.23. The lowest BCUT2D eigenvalue weighted by Crippen LogP contribution is -2.47. The molecular weight excluding hydrogens is 278 g/mol. The number of benzene rings is 2. The molecule has 2 aromatic carbocycles. The third-order valence-corrected chi connectivity index (χ3v) is 3.65. The SMILES string of the molecule is CN(N[C@@H]1CC(=O)N(c2ccccc2)C1=O)c1ccccc1. The van der Waals surface area contributed by atoms with E-state index in [1.165, 1.54) is 4.90 Å². The number of hydrazine groups is 1. The van der Waals surface area contributed by atoms with Crippen LogP contribution in [0, 0.1) is 0 Å². The molecule has 5 nitrogen and oxygen atoms in total. The van der Waals surface area contributed by atoms with E-state index in [4.69, 9.17) is 0 Å². The topological polar surface area (TPSA) is 52.7 Å². The van der Waals surface area contributed by atoms with Crippen LogP contribution in [0.5, 0.6) is 0 Å². The van der Waals surface area contributed by atoms with Crippen molar-refractivity contribution in [1.29, 1.82) is 0 Å². The Kier molecular flexibility index (Phi) is 3.89. The van der Waals surface area contributed by atoms with Crippen molar-refractivity contribution in [3.63, 3.8) is 0 Å². The molecule has 2 amide bonds. The highest BCUT2D eigenvalue weighted by Crippen LogP contribution is 2.23. The molecule has 3 rings (SSSR count). The number of amides is 2. The molecule has 1 atom stereocenters. The fourth-order valence-electron chi connectivity index (χ4n) is 2.54. The summed E-state index contributed by atoms with van der Waals surface area (Å²) in [6, 6.07) is 18.1. The van der Waals surface area contributed by atoms with Crippen molar-refractivity contribution in [3.05, 3.63) is 60.7 Å². The van der Waals surface area contributed by atoms with Crippen molar-refractivity contribution in [2.45, 2.75) is 12.5 Å². The summed E-state index contributed by atoms with van der Waals surface area (Å²) in [6.45, 7) is 0. The van der Waals surface area contributed by atoms with E-state index in [1.54, 1.807) is 17.1 Å². The molecule has 1 aliphatic rings. The van der Waals surface area contributed by atoms with Gasteiger partial charge in [-0.1, -0.05) is 36.4 Å². The van der Waals surface area contributed by atoms with Gasteiger partial charge in [-0.25, -0.2) is 10.3 Å². The molecule has 112 valence electrons. The number of carbonyl (C=O) groups excluding carboxylic acids is 2. The standard InChI is InChI=1S/C17H17N3O2/c1-19(13-8-4-2-5-9-13)18-15-12-16(21)20(17(15)22)14-10-6-3-7-11-14/h2-11,15,18H,12H2,1H3/t15-/m1/s1. The molecule has 1 N–H and O–H groups in total. The van der Waals surface area contributed by atoms with Crippen molar-refractivity contribution in [2.75, 3.05) is 17.0 Å². The van der Waals surface area contributed by atoms with Gasteiger partial charge < -0.3 is 5.01 Å². The number of rotatable bonds is 4. The van der Waals surface area contributed by atoms with Gasteiger partial charge in [0, 0.05) is 7.05 Å². The fourth-order valence-corrected chi connectivity index (χ4v) is 2.54. The predicted octanol–water partition coefficient (Wildman–Crippen LogP) is 1.96. The summed E-state index contributed by atoms with van der Waals surface area (Å²) < 4.78 is 0. The number of hydrogen-bond donors (Lipinski definition) is 1. The Labute approximate surface area is 129 Å². The van der Waals surface area contributed by atoms with Crippen LogP contribution in [0.3, 0.4) is 0 Å². The van der Waals surface area contributed by atoms with E-state index >= 15 is 0 Å². The number of nitrogens with zero attached hydrogens (tertiary/aromatic N) is 2. The van der Waals surface area contributed by atoms with Crippen LogP contribution in [-0.4, -0.2) is 24.9 Å². The minimum atomic E-state index is -0.544. The average molecular weight is 295 g/mol. The highest BCUT2D eigenvalue weighted by molar-refractivity contribution is 6.22. The van der Waals surface area contributed by atoms with Gasteiger partial charge in [0.15, 0.2) is 0 Å². The van der Waals surface area contributed by atoms with Gasteiger partial charge >= 0.3 is 0 Å². The maximum atomic E-state index is 12.5. The van der Waals surface area contributed by atoms with Gasteiger partial charge in [-0.3, -0.25) is 9.59 Å². The van der Waals surface area contributed by atoms with Gasteiger partial charge in [0.1, 0.15) is 6.04 Å². The van der Waals surface area contributed by atoms with Gasteiger partial charge in [-0.2, -0.15) is 0 Å². The van der Waals surface area contributed by atoms with Crippen LogP contribution in [0.25, 0.3) is 0 Å². The first-order valence-corrected chi connectivity index (χ1v) is 7.13. The number of nitrogens with one attached hydrogen (secondary N) is 1. The van der Waals surface area contributed by atoms with Crippen LogP contribution in [0.1, 0.15) is 6.42 Å². The second-order valence-electron chi connectivity index (χ2n) is 5.18. The molecule has 0 bridgehead atoms. The third-order valence-electron chi connectivity index (χ3n) is 3.65. The fraction of sp³-hybridized carbons (Fsp3) is 0.176. The first kappa shape index (κ1) is 14.3. The highest BCUT2D eigenvalue weighted by atomic mass is 16.2. The molecule has 1 fully saturated rings. The van der Waals surface area contributed by atoms with Crippen molar-refractivity contribution >= 4 is 23.2 Å². The zero-order valence-electron chi connectivity index (χ0n) is 12.3. The first-order valence-electron chi connectivity index (χ1n) is 7.13. The minimum Gasteiger partial charge on any atom is -0.311 e. The third kappa shape index (κ3) is 2.71. The van der Waals surface area contributed by atoms with E-state index in [0.717, 1.165) is 5.69 Å². The molecular formula is C17H17N3O2. The Morgan fingerprint density at radius 3 is 2.23 bits per heavy atom. The molecule has 0 radical (unpaired) electrons. The number of para-hydroxylation sites is 2. The van der Waals surface area contributed by atoms with Crippen LogP contribution < -0.4 is 15.3 Å². The molecule has 0 aliphatic carbocycles. The summed E-state index contributed by atoms with van der Waals surface area (Å²) in [4.78, 5) is 25.9. The largest absolute Gasteiger partial charge is 0.311 e. The van der Waals surface area contributed by atoms with Gasteiger partial charge in [-0.05, 0) is 24.3 Å². The molecule has 5 heteroatoms. The van der Waals surface area contributed by atoms with Crippen LogP contribution >= 0.6 is 0 Å². The number of anilines is 2. The van der Waals surface area contributed by atoms with Crippen molar-refractivity contribution in [1.82, 2.24) is 5.43 Å². The molecule has 1 saturated heterocycles. The van der Waals surface area contributed by atoms with E-state index in [1.807, 2.05) is 55.6 Å². The molecule has 1 aliphatic heterocycles. The Balaban J connectivity index is 1.74. The number of imide groups is 1. The Morgan fingerprint density at radius 2 is 1.59 bits per heavy atom. The second kappa shape index (κ2) is 5.99. The summed E-state index contributed by atoms with van der Waals surface area (Å²) in [5.41, 5.74) is 4.64. The van der Waals surface area contributed by atoms with E-state index in [9.17, 15) is 9.59 Å². The Hall–Kier alpha value is -2.66. The van der Waals surface area contributed by atoms with Gasteiger partial charge in [0.25, 0.3) is 5.91 Å². The van der Waals surface area contributed by atoms with Crippen molar-refractivity contribution in [2.24, 2.45) is 0 Å². The molecule has 0 saturated carbocycles. The summed E-state index contributed by atoms with van der Waals surface area (Å²) >= 11 is 0. The number of hydrogen-bond acceptors (Lipinski definition) is 4. The van der Waals surface area contributed by atoms with Crippen LogP contribution in [0.2, 0.25) is 0 Å². The second-order valence-corrected chi connectivity index (χ2v) is 5.18. The Bertz CT molecular complexity index is 673. The molecule has 0 aromatic heterocycles. The van der Waals surface area contributed by atoms with Crippen LogP contribution in [0.4, 0.5) is 11.4 Å². The minimum absolute atomic E-state index is 0.158. The smallest absolute Gasteiger partial charge is 0.253 e. The zero-order chi connectivity index (χ0) is 15.5.